The molecule has 0 aromatic carbocycles. The van der Waals surface area contributed by atoms with E-state index in [9.17, 15) is 14.7 Å². The lowest BCUT2D eigenvalue weighted by molar-refractivity contribution is -0.141. The summed E-state index contributed by atoms with van der Waals surface area (Å²) in [6.07, 6.45) is 0.723. The Morgan fingerprint density at radius 2 is 2.29 bits per heavy atom. The molecule has 2 amide bonds. The summed E-state index contributed by atoms with van der Waals surface area (Å²) < 4.78 is 0.665. The summed E-state index contributed by atoms with van der Waals surface area (Å²) in [7, 11) is 0. The summed E-state index contributed by atoms with van der Waals surface area (Å²) in [6.45, 7) is 3.81. The van der Waals surface area contributed by atoms with E-state index in [1.807, 2.05) is 19.9 Å². The van der Waals surface area contributed by atoms with Gasteiger partial charge in [0.15, 0.2) is 0 Å². The fourth-order valence-electron chi connectivity index (χ4n) is 2.23. The topological polar surface area (TPSA) is 69.6 Å². The third kappa shape index (κ3) is 3.64. The number of carbonyl (C=O) groups is 2. The SMILES string of the molecule is CCC1SCC(C(=O)O)N1C(=O)NC(C)c1ccc(Cl)s1. The highest BCUT2D eigenvalue weighted by molar-refractivity contribution is 8.00. The average molecular weight is 349 g/mol. The smallest absolute Gasteiger partial charge is 0.327 e. The number of thioether (sulfide) groups is 1. The molecule has 1 aromatic heterocycles. The van der Waals surface area contributed by atoms with Crippen molar-refractivity contribution in [1.29, 1.82) is 0 Å². The number of rotatable bonds is 4. The summed E-state index contributed by atoms with van der Waals surface area (Å²) in [5.74, 6) is -0.527. The minimum absolute atomic E-state index is 0.0924. The number of carboxylic acid groups (broad SMARTS) is 1. The lowest BCUT2D eigenvalue weighted by Crippen LogP contribution is -2.50. The number of hydrogen-bond donors (Lipinski definition) is 2. The van der Waals surface area contributed by atoms with Crippen molar-refractivity contribution in [3.05, 3.63) is 21.3 Å². The van der Waals surface area contributed by atoms with E-state index >= 15 is 0 Å². The van der Waals surface area contributed by atoms with E-state index in [2.05, 4.69) is 5.32 Å². The van der Waals surface area contributed by atoms with Crippen molar-refractivity contribution < 1.29 is 14.7 Å². The van der Waals surface area contributed by atoms with E-state index in [0.29, 0.717) is 10.1 Å². The summed E-state index contributed by atoms with van der Waals surface area (Å²) >= 11 is 8.81. The predicted octanol–water partition coefficient (Wildman–Crippen LogP) is 3.41. The van der Waals surface area contributed by atoms with Gasteiger partial charge in [-0.25, -0.2) is 9.59 Å². The van der Waals surface area contributed by atoms with Crippen LogP contribution in [0.4, 0.5) is 4.79 Å². The van der Waals surface area contributed by atoms with Crippen molar-refractivity contribution >= 4 is 46.7 Å². The molecule has 0 aliphatic carbocycles. The number of nitrogens with one attached hydrogen (secondary N) is 1. The van der Waals surface area contributed by atoms with Gasteiger partial charge < -0.3 is 10.4 Å². The monoisotopic (exact) mass is 348 g/mol. The van der Waals surface area contributed by atoms with Crippen molar-refractivity contribution in [2.24, 2.45) is 0 Å². The fraction of sp³-hybridized carbons (Fsp3) is 0.538. The minimum atomic E-state index is -0.958. The van der Waals surface area contributed by atoms with Crippen molar-refractivity contribution in [1.82, 2.24) is 10.2 Å². The second-order valence-electron chi connectivity index (χ2n) is 4.77. The standard InChI is InChI=1S/C13H17ClN2O3S2/c1-3-11-16(8(6-20-11)12(17)18)13(19)15-7(2)9-4-5-10(14)21-9/h4-5,7-8,11H,3,6H2,1-2H3,(H,15,19)(H,17,18). The van der Waals surface area contributed by atoms with Crippen LogP contribution >= 0.6 is 34.7 Å². The number of aliphatic carboxylic acids is 1. The first-order valence-corrected chi connectivity index (χ1v) is 8.86. The summed E-state index contributed by atoms with van der Waals surface area (Å²) in [6, 6.07) is 2.34. The average Bonchev–Trinajstić information content (AvgIpc) is 3.03. The predicted molar refractivity (Wildman–Crippen MR) is 86.1 cm³/mol. The number of nitrogens with zero attached hydrogens (tertiary/aromatic N) is 1. The van der Waals surface area contributed by atoms with Crippen LogP contribution in [-0.4, -0.2) is 39.2 Å². The highest BCUT2D eigenvalue weighted by Gasteiger charge is 2.41. The van der Waals surface area contributed by atoms with E-state index in [1.165, 1.54) is 28.0 Å². The van der Waals surface area contributed by atoms with Gasteiger partial charge in [-0.15, -0.1) is 23.1 Å². The number of amides is 2. The molecule has 0 bridgehead atoms. The second-order valence-corrected chi connectivity index (χ2v) is 7.73. The van der Waals surface area contributed by atoms with Gasteiger partial charge in [0.1, 0.15) is 6.04 Å². The molecule has 1 fully saturated rings. The van der Waals surface area contributed by atoms with Crippen LogP contribution in [0, 0.1) is 0 Å². The largest absolute Gasteiger partial charge is 0.480 e. The fourth-order valence-corrected chi connectivity index (χ4v) is 4.64. The number of urea groups is 1. The van der Waals surface area contributed by atoms with Crippen LogP contribution in [0.1, 0.15) is 31.2 Å². The molecule has 3 atom stereocenters. The Hall–Kier alpha value is -0.920. The molecule has 0 saturated carbocycles. The molecule has 21 heavy (non-hydrogen) atoms. The number of carbonyl (C=O) groups excluding carboxylic acids is 1. The van der Waals surface area contributed by atoms with E-state index in [-0.39, 0.29) is 17.4 Å². The second kappa shape index (κ2) is 6.89. The normalized spacial score (nSPS) is 23.1. The van der Waals surface area contributed by atoms with Crippen LogP contribution < -0.4 is 5.32 Å². The molecule has 1 aromatic rings. The van der Waals surface area contributed by atoms with Gasteiger partial charge in [0, 0.05) is 10.6 Å². The Morgan fingerprint density at radius 1 is 1.57 bits per heavy atom. The molecule has 5 nitrogen and oxygen atoms in total. The molecule has 1 saturated heterocycles. The molecule has 3 unspecified atom stereocenters. The minimum Gasteiger partial charge on any atom is -0.480 e. The zero-order valence-electron chi connectivity index (χ0n) is 11.7. The molecule has 2 rings (SSSR count). The van der Waals surface area contributed by atoms with Crippen LogP contribution in [0.2, 0.25) is 4.34 Å². The van der Waals surface area contributed by atoms with Gasteiger partial charge in [0.05, 0.1) is 15.8 Å². The third-order valence-electron chi connectivity index (χ3n) is 3.32. The molecule has 8 heteroatoms. The lowest BCUT2D eigenvalue weighted by Gasteiger charge is -2.28. The molecular formula is C13H17ClN2O3S2. The van der Waals surface area contributed by atoms with Gasteiger partial charge in [-0.2, -0.15) is 0 Å². The highest BCUT2D eigenvalue weighted by Crippen LogP contribution is 2.32. The van der Waals surface area contributed by atoms with Gasteiger partial charge in [0.2, 0.25) is 0 Å². The Morgan fingerprint density at radius 3 is 2.81 bits per heavy atom. The first-order chi connectivity index (χ1) is 9.93. The Labute approximate surface area is 136 Å². The van der Waals surface area contributed by atoms with Gasteiger partial charge in [0.25, 0.3) is 0 Å². The van der Waals surface area contributed by atoms with Crippen LogP contribution in [0.3, 0.4) is 0 Å². The summed E-state index contributed by atoms with van der Waals surface area (Å²) in [4.78, 5) is 26.1. The number of halogens is 1. The molecular weight excluding hydrogens is 332 g/mol. The van der Waals surface area contributed by atoms with E-state index in [1.54, 1.807) is 6.07 Å². The molecule has 1 aliphatic heterocycles. The number of hydrogen-bond acceptors (Lipinski definition) is 4. The van der Waals surface area contributed by atoms with Gasteiger partial charge in [-0.1, -0.05) is 18.5 Å². The zero-order valence-corrected chi connectivity index (χ0v) is 14.1. The van der Waals surface area contributed by atoms with Gasteiger partial charge >= 0.3 is 12.0 Å². The molecule has 2 N–H and O–H groups in total. The highest BCUT2D eigenvalue weighted by atomic mass is 35.5. The number of carboxylic acids is 1. The van der Waals surface area contributed by atoms with Gasteiger partial charge in [-0.3, -0.25) is 4.90 Å². The maximum absolute atomic E-state index is 12.4. The van der Waals surface area contributed by atoms with Crippen molar-refractivity contribution in [3.63, 3.8) is 0 Å². The summed E-state index contributed by atoms with van der Waals surface area (Å²) in [5.41, 5.74) is 0. The van der Waals surface area contributed by atoms with Crippen LogP contribution in [0.15, 0.2) is 12.1 Å². The van der Waals surface area contributed by atoms with E-state index in [4.69, 9.17) is 11.6 Å². The summed E-state index contributed by atoms with van der Waals surface area (Å²) in [5, 5.41) is 12.0. The lowest BCUT2D eigenvalue weighted by atomic mass is 10.2. The van der Waals surface area contributed by atoms with Crippen molar-refractivity contribution in [3.8, 4) is 0 Å². The van der Waals surface area contributed by atoms with E-state index in [0.717, 1.165) is 11.3 Å². The zero-order chi connectivity index (χ0) is 15.6. The maximum Gasteiger partial charge on any atom is 0.327 e. The van der Waals surface area contributed by atoms with Crippen LogP contribution in [0.5, 0.6) is 0 Å². The number of thiophene rings is 1. The third-order valence-corrected chi connectivity index (χ3v) is 6.19. The molecule has 0 radical (unpaired) electrons. The molecule has 2 heterocycles. The van der Waals surface area contributed by atoms with E-state index < -0.39 is 12.0 Å². The molecule has 1 aliphatic rings. The Bertz CT molecular complexity index is 537. The van der Waals surface area contributed by atoms with Gasteiger partial charge in [-0.05, 0) is 25.5 Å². The van der Waals surface area contributed by atoms with Crippen molar-refractivity contribution in [2.45, 2.75) is 37.7 Å². The van der Waals surface area contributed by atoms with Crippen LogP contribution in [0.25, 0.3) is 0 Å². The Kier molecular flexibility index (Phi) is 5.40. The molecule has 116 valence electrons. The quantitative estimate of drug-likeness (QED) is 0.874. The molecule has 0 spiro atoms. The van der Waals surface area contributed by atoms with Crippen molar-refractivity contribution in [2.75, 3.05) is 5.75 Å². The van der Waals surface area contributed by atoms with Crippen LogP contribution in [-0.2, 0) is 4.79 Å². The first kappa shape index (κ1) is 16.5. The Balaban J connectivity index is 2.08. The first-order valence-electron chi connectivity index (χ1n) is 6.62. The maximum atomic E-state index is 12.4.